The van der Waals surface area contributed by atoms with E-state index >= 15 is 0 Å². The maximum Gasteiger partial charge on any atom is 0.169 e. The number of methoxy groups -OCH3 is 2. The Hall–Kier alpha value is -0.160. The van der Waals surface area contributed by atoms with E-state index in [0.29, 0.717) is 12.1 Å². The van der Waals surface area contributed by atoms with Crippen LogP contribution in [0.1, 0.15) is 13.8 Å². The second-order valence-corrected chi connectivity index (χ2v) is 3.85. The normalized spacial score (nSPS) is 29.8. The minimum Gasteiger partial charge on any atom is -0.376 e. The van der Waals surface area contributed by atoms with Crippen LogP contribution in [-0.4, -0.2) is 57.3 Å². The molecule has 0 saturated carbocycles. The first-order valence-corrected chi connectivity index (χ1v) is 5.08. The Morgan fingerprint density at radius 2 is 2.00 bits per heavy atom. The molecule has 0 spiro atoms. The van der Waals surface area contributed by atoms with Crippen molar-refractivity contribution >= 4 is 0 Å². The predicted octanol–water partition coefficient (Wildman–Crippen LogP) is 0.714. The van der Waals surface area contributed by atoms with E-state index in [9.17, 15) is 0 Å². The average molecular weight is 203 g/mol. The van der Waals surface area contributed by atoms with Crippen molar-refractivity contribution in [1.29, 1.82) is 0 Å². The van der Waals surface area contributed by atoms with Crippen LogP contribution < -0.4 is 0 Å². The molecule has 1 aliphatic rings. The molecule has 1 rings (SSSR count). The molecular weight excluding hydrogens is 182 g/mol. The molecule has 0 radical (unpaired) electrons. The first-order chi connectivity index (χ1) is 6.67. The molecule has 4 nitrogen and oxygen atoms in total. The lowest BCUT2D eigenvalue weighted by atomic mass is 10.2. The van der Waals surface area contributed by atoms with Crippen molar-refractivity contribution in [2.45, 2.75) is 32.3 Å². The van der Waals surface area contributed by atoms with Gasteiger partial charge in [0, 0.05) is 33.4 Å². The van der Waals surface area contributed by atoms with E-state index in [1.807, 2.05) is 0 Å². The van der Waals surface area contributed by atoms with Crippen LogP contribution >= 0.6 is 0 Å². The molecule has 0 aromatic heterocycles. The van der Waals surface area contributed by atoms with E-state index in [4.69, 9.17) is 14.2 Å². The van der Waals surface area contributed by atoms with E-state index in [2.05, 4.69) is 18.7 Å². The second-order valence-electron chi connectivity index (χ2n) is 3.85. The molecule has 14 heavy (non-hydrogen) atoms. The summed E-state index contributed by atoms with van der Waals surface area (Å²) in [7, 11) is 3.34. The Bertz CT molecular complexity index is 161. The van der Waals surface area contributed by atoms with Gasteiger partial charge in [0.1, 0.15) is 0 Å². The van der Waals surface area contributed by atoms with Gasteiger partial charge in [0.2, 0.25) is 0 Å². The first-order valence-electron chi connectivity index (χ1n) is 5.08. The molecule has 0 bridgehead atoms. The Labute approximate surface area is 86.1 Å². The molecule has 2 unspecified atom stereocenters. The van der Waals surface area contributed by atoms with Crippen molar-refractivity contribution in [2.24, 2.45) is 0 Å². The largest absolute Gasteiger partial charge is 0.376 e. The zero-order chi connectivity index (χ0) is 10.6. The molecule has 0 aliphatic carbocycles. The summed E-state index contributed by atoms with van der Waals surface area (Å²) in [5.74, 6) is 0. The monoisotopic (exact) mass is 203 g/mol. The molecular formula is C10H21NO3. The van der Waals surface area contributed by atoms with Crippen molar-refractivity contribution in [3.63, 3.8) is 0 Å². The van der Waals surface area contributed by atoms with E-state index < -0.39 is 0 Å². The summed E-state index contributed by atoms with van der Waals surface area (Å²) in [5, 5.41) is 0. The molecule has 84 valence electrons. The minimum absolute atomic E-state index is 0.136. The summed E-state index contributed by atoms with van der Waals surface area (Å²) >= 11 is 0. The van der Waals surface area contributed by atoms with Crippen LogP contribution in [0.25, 0.3) is 0 Å². The molecule has 1 aliphatic heterocycles. The molecule has 1 heterocycles. The van der Waals surface area contributed by atoms with Crippen molar-refractivity contribution in [2.75, 3.05) is 33.9 Å². The number of nitrogens with zero attached hydrogens (tertiary/aromatic N) is 1. The summed E-state index contributed by atoms with van der Waals surface area (Å²) in [5.41, 5.74) is 0. The van der Waals surface area contributed by atoms with Gasteiger partial charge in [-0.15, -0.1) is 0 Å². The summed E-state index contributed by atoms with van der Waals surface area (Å²) in [6, 6.07) is 0.444. The molecule has 0 aromatic carbocycles. The Kier molecular flexibility index (Phi) is 4.81. The Morgan fingerprint density at radius 3 is 2.57 bits per heavy atom. The quantitative estimate of drug-likeness (QED) is 0.630. The van der Waals surface area contributed by atoms with E-state index in [-0.39, 0.29) is 6.29 Å². The number of rotatable bonds is 4. The van der Waals surface area contributed by atoms with Crippen LogP contribution in [0, 0.1) is 0 Å². The third-order valence-corrected chi connectivity index (χ3v) is 2.65. The predicted molar refractivity (Wildman–Crippen MR) is 54.3 cm³/mol. The van der Waals surface area contributed by atoms with Crippen LogP contribution in [0.3, 0.4) is 0 Å². The van der Waals surface area contributed by atoms with Crippen molar-refractivity contribution < 1.29 is 14.2 Å². The van der Waals surface area contributed by atoms with Gasteiger partial charge < -0.3 is 14.2 Å². The summed E-state index contributed by atoms with van der Waals surface area (Å²) in [4.78, 5) is 2.34. The van der Waals surface area contributed by atoms with Crippen LogP contribution in [0.4, 0.5) is 0 Å². The molecule has 1 saturated heterocycles. The van der Waals surface area contributed by atoms with Gasteiger partial charge in [0.15, 0.2) is 6.29 Å². The number of hydrogen-bond donors (Lipinski definition) is 0. The van der Waals surface area contributed by atoms with E-state index in [1.54, 1.807) is 14.2 Å². The SMILES string of the molecule is COC(CN1CC(C)OCC1C)OC. The lowest BCUT2D eigenvalue weighted by Crippen LogP contribution is -2.50. The summed E-state index contributed by atoms with van der Waals surface area (Å²) in [6.45, 7) is 6.80. The first kappa shape index (κ1) is 11.9. The maximum atomic E-state index is 5.55. The van der Waals surface area contributed by atoms with Crippen LogP contribution in [0.15, 0.2) is 0 Å². The fraction of sp³-hybridized carbons (Fsp3) is 1.00. The Morgan fingerprint density at radius 1 is 1.36 bits per heavy atom. The van der Waals surface area contributed by atoms with Gasteiger partial charge in [-0.3, -0.25) is 4.90 Å². The van der Waals surface area contributed by atoms with Crippen molar-refractivity contribution in [3.8, 4) is 0 Å². The Balaban J connectivity index is 2.40. The van der Waals surface area contributed by atoms with Crippen LogP contribution in [0.2, 0.25) is 0 Å². The second kappa shape index (κ2) is 5.66. The van der Waals surface area contributed by atoms with Gasteiger partial charge in [0.05, 0.1) is 12.7 Å². The number of ether oxygens (including phenoxy) is 3. The maximum absolute atomic E-state index is 5.55. The zero-order valence-corrected chi connectivity index (χ0v) is 9.53. The minimum atomic E-state index is -0.136. The highest BCUT2D eigenvalue weighted by atomic mass is 16.7. The summed E-state index contributed by atoms with van der Waals surface area (Å²) in [6.07, 6.45) is 0.170. The fourth-order valence-corrected chi connectivity index (χ4v) is 1.66. The fourth-order valence-electron chi connectivity index (χ4n) is 1.66. The standard InChI is InChI=1S/C10H21NO3/c1-8-7-14-9(2)5-11(8)6-10(12-3)13-4/h8-10H,5-7H2,1-4H3. The van der Waals surface area contributed by atoms with Crippen LogP contribution in [-0.2, 0) is 14.2 Å². The molecule has 2 atom stereocenters. The molecule has 4 heteroatoms. The van der Waals surface area contributed by atoms with E-state index in [1.165, 1.54) is 0 Å². The lowest BCUT2D eigenvalue weighted by molar-refractivity contribution is -0.139. The third kappa shape index (κ3) is 3.20. The summed E-state index contributed by atoms with van der Waals surface area (Å²) < 4.78 is 15.9. The van der Waals surface area contributed by atoms with Gasteiger partial charge in [-0.05, 0) is 13.8 Å². The average Bonchev–Trinajstić information content (AvgIpc) is 2.19. The van der Waals surface area contributed by atoms with Gasteiger partial charge >= 0.3 is 0 Å². The molecule has 0 N–H and O–H groups in total. The highest BCUT2D eigenvalue weighted by molar-refractivity contribution is 4.75. The zero-order valence-electron chi connectivity index (χ0n) is 9.53. The van der Waals surface area contributed by atoms with Crippen molar-refractivity contribution in [1.82, 2.24) is 4.90 Å². The van der Waals surface area contributed by atoms with Gasteiger partial charge in [0.25, 0.3) is 0 Å². The van der Waals surface area contributed by atoms with Gasteiger partial charge in [-0.2, -0.15) is 0 Å². The topological polar surface area (TPSA) is 30.9 Å². The third-order valence-electron chi connectivity index (χ3n) is 2.65. The van der Waals surface area contributed by atoms with Crippen molar-refractivity contribution in [3.05, 3.63) is 0 Å². The molecule has 0 aromatic rings. The smallest absolute Gasteiger partial charge is 0.169 e. The molecule has 0 amide bonds. The number of hydrogen-bond acceptors (Lipinski definition) is 4. The molecule has 1 fully saturated rings. The van der Waals surface area contributed by atoms with Crippen LogP contribution in [0.5, 0.6) is 0 Å². The lowest BCUT2D eigenvalue weighted by Gasteiger charge is -2.37. The van der Waals surface area contributed by atoms with Gasteiger partial charge in [-0.1, -0.05) is 0 Å². The highest BCUT2D eigenvalue weighted by Gasteiger charge is 2.25. The number of morpholine rings is 1. The highest BCUT2D eigenvalue weighted by Crippen LogP contribution is 2.12. The van der Waals surface area contributed by atoms with E-state index in [0.717, 1.165) is 19.7 Å². The van der Waals surface area contributed by atoms with Gasteiger partial charge in [-0.25, -0.2) is 0 Å².